The van der Waals surface area contributed by atoms with Gasteiger partial charge in [-0.15, -0.1) is 0 Å². The number of aromatic nitrogens is 1. The van der Waals surface area contributed by atoms with E-state index in [-0.39, 0.29) is 6.04 Å². The van der Waals surface area contributed by atoms with E-state index in [0.29, 0.717) is 0 Å². The average molecular weight is 240 g/mol. The van der Waals surface area contributed by atoms with Gasteiger partial charge in [0.1, 0.15) is 0 Å². The van der Waals surface area contributed by atoms with Gasteiger partial charge in [-0.1, -0.05) is 29.3 Å². The molecule has 1 aromatic heterocycles. The van der Waals surface area contributed by atoms with E-state index in [1.165, 1.54) is 22.3 Å². The van der Waals surface area contributed by atoms with Crippen molar-refractivity contribution in [2.45, 2.75) is 32.7 Å². The van der Waals surface area contributed by atoms with Crippen LogP contribution >= 0.6 is 0 Å². The predicted molar refractivity (Wildman–Crippen MR) is 75.5 cm³/mol. The molecule has 0 amide bonds. The van der Waals surface area contributed by atoms with Gasteiger partial charge in [0.05, 0.1) is 0 Å². The lowest BCUT2D eigenvalue weighted by atomic mass is 9.98. The van der Waals surface area contributed by atoms with Crippen molar-refractivity contribution < 1.29 is 0 Å². The van der Waals surface area contributed by atoms with E-state index in [2.05, 4.69) is 37.0 Å². The third-order valence-electron chi connectivity index (χ3n) is 3.03. The van der Waals surface area contributed by atoms with E-state index < -0.39 is 0 Å². The Morgan fingerprint density at radius 1 is 0.944 bits per heavy atom. The van der Waals surface area contributed by atoms with Crippen LogP contribution in [0.5, 0.6) is 0 Å². The molecule has 2 aromatic rings. The molecule has 0 saturated heterocycles. The number of benzene rings is 1. The number of rotatable bonds is 4. The molecule has 0 bridgehead atoms. The average Bonchev–Trinajstić information content (AvgIpc) is 2.28. The topological polar surface area (TPSA) is 38.9 Å². The number of hydrogen-bond acceptors (Lipinski definition) is 2. The Bertz CT molecular complexity index is 486. The molecule has 2 heteroatoms. The van der Waals surface area contributed by atoms with Gasteiger partial charge in [-0.3, -0.25) is 4.98 Å². The van der Waals surface area contributed by atoms with Gasteiger partial charge in [-0.25, -0.2) is 0 Å². The lowest BCUT2D eigenvalue weighted by Gasteiger charge is -2.12. The summed E-state index contributed by atoms with van der Waals surface area (Å²) in [7, 11) is 0. The molecule has 94 valence electrons. The molecule has 1 unspecified atom stereocenters. The van der Waals surface area contributed by atoms with Crippen LogP contribution in [-0.2, 0) is 12.8 Å². The summed E-state index contributed by atoms with van der Waals surface area (Å²) in [5.74, 6) is 0. The Morgan fingerprint density at radius 3 is 2.11 bits per heavy atom. The standard InChI is InChI=1S/C16H20N2/c1-12-7-13(2)9-15(8-12)11-16(17)10-14-3-5-18-6-4-14/h3-9,16H,10-11,17H2,1-2H3. The molecule has 1 aromatic carbocycles. The van der Waals surface area contributed by atoms with Crippen molar-refractivity contribution in [1.82, 2.24) is 4.98 Å². The Kier molecular flexibility index (Phi) is 4.11. The zero-order valence-corrected chi connectivity index (χ0v) is 11.1. The lowest BCUT2D eigenvalue weighted by molar-refractivity contribution is 0.664. The first kappa shape index (κ1) is 12.8. The van der Waals surface area contributed by atoms with Crippen molar-refractivity contribution >= 4 is 0 Å². The molecule has 18 heavy (non-hydrogen) atoms. The van der Waals surface area contributed by atoms with Crippen LogP contribution in [-0.4, -0.2) is 11.0 Å². The van der Waals surface area contributed by atoms with Gasteiger partial charge in [0.2, 0.25) is 0 Å². The van der Waals surface area contributed by atoms with E-state index in [1.807, 2.05) is 24.5 Å². The van der Waals surface area contributed by atoms with Crippen molar-refractivity contribution in [2.24, 2.45) is 5.73 Å². The Morgan fingerprint density at radius 2 is 1.50 bits per heavy atom. The van der Waals surface area contributed by atoms with Gasteiger partial charge in [0, 0.05) is 18.4 Å². The highest BCUT2D eigenvalue weighted by atomic mass is 14.6. The fourth-order valence-electron chi connectivity index (χ4n) is 2.38. The van der Waals surface area contributed by atoms with Crippen LogP contribution in [0.3, 0.4) is 0 Å². The molecule has 0 radical (unpaired) electrons. The SMILES string of the molecule is Cc1cc(C)cc(CC(N)Cc2ccncc2)c1. The Labute approximate surface area is 109 Å². The van der Waals surface area contributed by atoms with Crippen molar-refractivity contribution in [3.05, 3.63) is 65.0 Å². The van der Waals surface area contributed by atoms with Crippen LogP contribution in [0.25, 0.3) is 0 Å². The highest BCUT2D eigenvalue weighted by molar-refractivity contribution is 5.29. The number of hydrogen-bond donors (Lipinski definition) is 1. The summed E-state index contributed by atoms with van der Waals surface area (Å²) in [6, 6.07) is 10.9. The van der Waals surface area contributed by atoms with Crippen LogP contribution in [0.15, 0.2) is 42.7 Å². The van der Waals surface area contributed by atoms with Crippen LogP contribution < -0.4 is 5.73 Å². The molecule has 0 spiro atoms. The number of nitrogens with two attached hydrogens (primary N) is 1. The van der Waals surface area contributed by atoms with Crippen LogP contribution in [0.4, 0.5) is 0 Å². The number of nitrogens with zero attached hydrogens (tertiary/aromatic N) is 1. The summed E-state index contributed by atoms with van der Waals surface area (Å²) in [6.07, 6.45) is 5.46. The fourth-order valence-corrected chi connectivity index (χ4v) is 2.38. The van der Waals surface area contributed by atoms with Gasteiger partial charge in [-0.05, 0) is 49.9 Å². The summed E-state index contributed by atoms with van der Waals surface area (Å²) >= 11 is 0. The summed E-state index contributed by atoms with van der Waals surface area (Å²) < 4.78 is 0. The van der Waals surface area contributed by atoms with E-state index in [0.717, 1.165) is 12.8 Å². The normalized spacial score (nSPS) is 12.4. The van der Waals surface area contributed by atoms with Gasteiger partial charge < -0.3 is 5.73 Å². The van der Waals surface area contributed by atoms with Crippen molar-refractivity contribution in [1.29, 1.82) is 0 Å². The van der Waals surface area contributed by atoms with Gasteiger partial charge in [0.25, 0.3) is 0 Å². The third-order valence-corrected chi connectivity index (χ3v) is 3.03. The van der Waals surface area contributed by atoms with Gasteiger partial charge in [-0.2, -0.15) is 0 Å². The summed E-state index contributed by atoms with van der Waals surface area (Å²) in [5, 5.41) is 0. The van der Waals surface area contributed by atoms with Crippen molar-refractivity contribution in [3.8, 4) is 0 Å². The Balaban J connectivity index is 2.01. The highest BCUT2D eigenvalue weighted by Gasteiger charge is 2.06. The smallest absolute Gasteiger partial charge is 0.0270 e. The van der Waals surface area contributed by atoms with Crippen LogP contribution in [0, 0.1) is 13.8 Å². The van der Waals surface area contributed by atoms with Crippen LogP contribution in [0.2, 0.25) is 0 Å². The summed E-state index contributed by atoms with van der Waals surface area (Å²) in [6.45, 7) is 4.26. The zero-order chi connectivity index (χ0) is 13.0. The molecular formula is C16H20N2. The molecule has 0 fully saturated rings. The molecule has 0 aliphatic heterocycles. The van der Waals surface area contributed by atoms with E-state index >= 15 is 0 Å². The van der Waals surface area contributed by atoms with Crippen LogP contribution in [0.1, 0.15) is 22.3 Å². The Hall–Kier alpha value is -1.67. The molecule has 2 nitrogen and oxygen atoms in total. The first-order valence-corrected chi connectivity index (χ1v) is 6.35. The largest absolute Gasteiger partial charge is 0.327 e. The number of aryl methyl sites for hydroxylation is 2. The minimum Gasteiger partial charge on any atom is -0.327 e. The minimum atomic E-state index is 0.161. The predicted octanol–water partition coefficient (Wildman–Crippen LogP) is 2.81. The molecule has 2 rings (SSSR count). The molecule has 1 heterocycles. The number of pyridine rings is 1. The minimum absolute atomic E-state index is 0.161. The second-order valence-corrected chi connectivity index (χ2v) is 5.02. The van der Waals surface area contributed by atoms with Crippen molar-refractivity contribution in [2.75, 3.05) is 0 Å². The first-order valence-electron chi connectivity index (χ1n) is 6.35. The lowest BCUT2D eigenvalue weighted by Crippen LogP contribution is -2.25. The summed E-state index contributed by atoms with van der Waals surface area (Å²) in [4.78, 5) is 4.02. The van der Waals surface area contributed by atoms with Gasteiger partial charge >= 0.3 is 0 Å². The maximum atomic E-state index is 6.22. The zero-order valence-electron chi connectivity index (χ0n) is 11.1. The van der Waals surface area contributed by atoms with E-state index in [1.54, 1.807) is 0 Å². The fraction of sp³-hybridized carbons (Fsp3) is 0.312. The molecule has 0 aliphatic carbocycles. The molecule has 1 atom stereocenters. The monoisotopic (exact) mass is 240 g/mol. The second kappa shape index (κ2) is 5.78. The quantitative estimate of drug-likeness (QED) is 0.892. The van der Waals surface area contributed by atoms with E-state index in [9.17, 15) is 0 Å². The molecule has 0 aliphatic rings. The first-order chi connectivity index (χ1) is 8.63. The molecular weight excluding hydrogens is 220 g/mol. The maximum absolute atomic E-state index is 6.22. The highest BCUT2D eigenvalue weighted by Crippen LogP contribution is 2.12. The molecule has 2 N–H and O–H groups in total. The molecule has 0 saturated carbocycles. The summed E-state index contributed by atoms with van der Waals surface area (Å²) in [5.41, 5.74) is 11.4. The van der Waals surface area contributed by atoms with E-state index in [4.69, 9.17) is 5.73 Å². The maximum Gasteiger partial charge on any atom is 0.0270 e. The third kappa shape index (κ3) is 3.67. The van der Waals surface area contributed by atoms with Crippen molar-refractivity contribution in [3.63, 3.8) is 0 Å². The second-order valence-electron chi connectivity index (χ2n) is 5.02. The van der Waals surface area contributed by atoms with Gasteiger partial charge in [0.15, 0.2) is 0 Å².